The van der Waals surface area contributed by atoms with E-state index in [0.29, 0.717) is 6.61 Å². The highest BCUT2D eigenvalue weighted by Gasteiger charge is 2.19. The molecule has 0 heterocycles. The largest absolute Gasteiger partial charge is 0.252 e. The molecule has 1 unspecified atom stereocenters. The lowest BCUT2D eigenvalue weighted by Gasteiger charge is -2.25. The van der Waals surface area contributed by atoms with Gasteiger partial charge in [0.25, 0.3) is 0 Å². The highest BCUT2D eigenvalue weighted by atomic mass is 17.1. The lowest BCUT2D eigenvalue weighted by atomic mass is 9.83. The Morgan fingerprint density at radius 3 is 2.11 bits per heavy atom. The van der Waals surface area contributed by atoms with Crippen molar-refractivity contribution in [3.05, 3.63) is 6.92 Å². The molecule has 2 nitrogen and oxygen atoms in total. The van der Waals surface area contributed by atoms with Gasteiger partial charge in [-0.15, -0.1) is 0 Å². The van der Waals surface area contributed by atoms with E-state index in [1.165, 1.54) is 0 Å². The van der Waals surface area contributed by atoms with Gasteiger partial charge < -0.3 is 0 Å². The van der Waals surface area contributed by atoms with Gasteiger partial charge in [0.15, 0.2) is 0 Å². The maximum Gasteiger partial charge on any atom is 0.0852 e. The first-order chi connectivity index (χ1) is 3.98. The Hall–Kier alpha value is -0.0800. The maximum atomic E-state index is 8.06. The van der Waals surface area contributed by atoms with Gasteiger partial charge >= 0.3 is 0 Å². The van der Waals surface area contributed by atoms with Gasteiger partial charge in [0.05, 0.1) is 6.61 Å². The summed E-state index contributed by atoms with van der Waals surface area (Å²) in [6.45, 7) is 10.3. The summed E-state index contributed by atoms with van der Waals surface area (Å²) in [5, 5.41) is 8.06. The predicted molar refractivity (Wildman–Crippen MR) is 36.9 cm³/mol. The van der Waals surface area contributed by atoms with E-state index in [1.54, 1.807) is 0 Å². The Morgan fingerprint density at radius 2 is 2.00 bits per heavy atom. The molecule has 0 saturated carbocycles. The fourth-order valence-electron chi connectivity index (χ4n) is 0.340. The van der Waals surface area contributed by atoms with Crippen LogP contribution in [-0.4, -0.2) is 11.9 Å². The normalized spacial score (nSPS) is 15.7. The fraction of sp³-hybridized carbons (Fsp3) is 0.857. The third-order valence-electron chi connectivity index (χ3n) is 1.50. The summed E-state index contributed by atoms with van der Waals surface area (Å²) in [7, 11) is 0. The number of hydrogen-bond acceptors (Lipinski definition) is 2. The first kappa shape index (κ1) is 8.92. The molecule has 0 amide bonds. The van der Waals surface area contributed by atoms with Crippen molar-refractivity contribution >= 4 is 0 Å². The zero-order valence-electron chi connectivity index (χ0n) is 6.35. The molecule has 0 aliphatic rings. The van der Waals surface area contributed by atoms with Crippen molar-refractivity contribution in [2.75, 3.05) is 6.61 Å². The van der Waals surface area contributed by atoms with E-state index in [9.17, 15) is 0 Å². The van der Waals surface area contributed by atoms with Crippen molar-refractivity contribution in [1.29, 1.82) is 0 Å². The summed E-state index contributed by atoms with van der Waals surface area (Å²) in [4.78, 5) is 3.97. The smallest absolute Gasteiger partial charge is 0.0852 e. The molecule has 0 aliphatic heterocycles. The molecule has 0 fully saturated rings. The van der Waals surface area contributed by atoms with Crippen LogP contribution in [0.25, 0.3) is 0 Å². The van der Waals surface area contributed by atoms with E-state index in [1.807, 2.05) is 0 Å². The first-order valence-corrected chi connectivity index (χ1v) is 3.08. The van der Waals surface area contributed by atoms with Crippen molar-refractivity contribution < 1.29 is 10.1 Å². The second-order valence-corrected chi connectivity index (χ2v) is 3.36. The maximum absolute atomic E-state index is 8.06. The second kappa shape index (κ2) is 3.18. The Bertz CT molecular complexity index is 73.5. The standard InChI is InChI=1S/C7H15O2/c1-6(5-9-8)7(2,3)4/h6,8H,1,5H2,2-4H3. The predicted octanol–water partition coefficient (Wildman–Crippen LogP) is 1.97. The van der Waals surface area contributed by atoms with Crippen molar-refractivity contribution in [1.82, 2.24) is 0 Å². The quantitative estimate of drug-likeness (QED) is 0.458. The third-order valence-corrected chi connectivity index (χ3v) is 1.50. The van der Waals surface area contributed by atoms with Crippen LogP contribution < -0.4 is 0 Å². The van der Waals surface area contributed by atoms with Crippen molar-refractivity contribution in [2.45, 2.75) is 20.8 Å². The van der Waals surface area contributed by atoms with Gasteiger partial charge in [-0.25, -0.2) is 4.89 Å². The molecule has 0 aromatic rings. The van der Waals surface area contributed by atoms with E-state index in [0.717, 1.165) is 0 Å². The molecule has 0 aromatic heterocycles. The first-order valence-electron chi connectivity index (χ1n) is 3.08. The second-order valence-electron chi connectivity index (χ2n) is 3.36. The van der Waals surface area contributed by atoms with Crippen LogP contribution in [0, 0.1) is 18.3 Å². The molecule has 55 valence electrons. The monoisotopic (exact) mass is 131 g/mol. The molecular weight excluding hydrogens is 116 g/mol. The Morgan fingerprint density at radius 1 is 1.56 bits per heavy atom. The van der Waals surface area contributed by atoms with E-state index in [2.05, 4.69) is 32.6 Å². The van der Waals surface area contributed by atoms with Crippen LogP contribution in [0.1, 0.15) is 20.8 Å². The summed E-state index contributed by atoms with van der Waals surface area (Å²) in [5.74, 6) is 0.141. The zero-order chi connectivity index (χ0) is 7.49. The Balaban J connectivity index is 3.59. The molecule has 0 aliphatic carbocycles. The summed E-state index contributed by atoms with van der Waals surface area (Å²) in [6.07, 6.45) is 0. The third kappa shape index (κ3) is 3.49. The molecule has 0 rings (SSSR count). The lowest BCUT2D eigenvalue weighted by molar-refractivity contribution is -0.253. The molecule has 2 heteroatoms. The van der Waals surface area contributed by atoms with Crippen molar-refractivity contribution in [2.24, 2.45) is 11.3 Å². The number of rotatable bonds is 2. The highest BCUT2D eigenvalue weighted by Crippen LogP contribution is 2.24. The topological polar surface area (TPSA) is 29.5 Å². The zero-order valence-corrected chi connectivity index (χ0v) is 6.35. The van der Waals surface area contributed by atoms with E-state index >= 15 is 0 Å². The van der Waals surface area contributed by atoms with Crippen molar-refractivity contribution in [3.8, 4) is 0 Å². The fourth-order valence-corrected chi connectivity index (χ4v) is 0.340. The van der Waals surface area contributed by atoms with Gasteiger partial charge in [-0.05, 0) is 18.3 Å². The van der Waals surface area contributed by atoms with E-state index in [-0.39, 0.29) is 11.3 Å². The average Bonchev–Trinajstić information content (AvgIpc) is 1.64. The van der Waals surface area contributed by atoms with Crippen LogP contribution in [0.2, 0.25) is 0 Å². The minimum Gasteiger partial charge on any atom is -0.252 e. The van der Waals surface area contributed by atoms with Gasteiger partial charge in [0.1, 0.15) is 0 Å². The molecule has 0 spiro atoms. The van der Waals surface area contributed by atoms with Crippen LogP contribution >= 0.6 is 0 Å². The SMILES string of the molecule is [CH2]C(COO)C(C)(C)C. The van der Waals surface area contributed by atoms with Gasteiger partial charge in [-0.3, -0.25) is 5.26 Å². The Labute approximate surface area is 56.8 Å². The lowest BCUT2D eigenvalue weighted by Crippen LogP contribution is -2.21. The summed E-state index contributed by atoms with van der Waals surface area (Å²) in [6, 6.07) is 0. The van der Waals surface area contributed by atoms with Gasteiger partial charge in [-0.2, -0.15) is 0 Å². The summed E-state index contributed by atoms with van der Waals surface area (Å²) < 4.78 is 0. The molecule has 1 N–H and O–H groups in total. The number of hydrogen-bond donors (Lipinski definition) is 1. The van der Waals surface area contributed by atoms with E-state index < -0.39 is 0 Å². The van der Waals surface area contributed by atoms with Gasteiger partial charge in [0.2, 0.25) is 0 Å². The molecule has 0 saturated heterocycles. The molecule has 1 atom stereocenters. The van der Waals surface area contributed by atoms with Crippen LogP contribution in [0.3, 0.4) is 0 Å². The summed E-state index contributed by atoms with van der Waals surface area (Å²) >= 11 is 0. The minimum absolute atomic E-state index is 0.114. The van der Waals surface area contributed by atoms with Crippen LogP contribution in [0.4, 0.5) is 0 Å². The molecule has 9 heavy (non-hydrogen) atoms. The van der Waals surface area contributed by atoms with Crippen LogP contribution in [0.5, 0.6) is 0 Å². The summed E-state index contributed by atoms with van der Waals surface area (Å²) in [5.41, 5.74) is 0.114. The highest BCUT2D eigenvalue weighted by molar-refractivity contribution is 4.74. The van der Waals surface area contributed by atoms with Gasteiger partial charge in [-0.1, -0.05) is 20.8 Å². The molecule has 0 bridgehead atoms. The van der Waals surface area contributed by atoms with Crippen LogP contribution in [-0.2, 0) is 4.89 Å². The molecule has 1 radical (unpaired) electrons. The molecular formula is C7H15O2. The van der Waals surface area contributed by atoms with Gasteiger partial charge in [0, 0.05) is 0 Å². The van der Waals surface area contributed by atoms with Crippen molar-refractivity contribution in [3.63, 3.8) is 0 Å². The molecule has 0 aromatic carbocycles. The minimum atomic E-state index is 0.114. The Kier molecular flexibility index (Phi) is 3.15. The average molecular weight is 131 g/mol. The van der Waals surface area contributed by atoms with Crippen LogP contribution in [0.15, 0.2) is 0 Å². The van der Waals surface area contributed by atoms with E-state index in [4.69, 9.17) is 5.26 Å².